The summed E-state index contributed by atoms with van der Waals surface area (Å²) in [6, 6.07) is 11.5. The average molecular weight is 526 g/mol. The lowest BCUT2D eigenvalue weighted by Gasteiger charge is -2.16. The van der Waals surface area contributed by atoms with Gasteiger partial charge in [-0.1, -0.05) is 41.6 Å². The van der Waals surface area contributed by atoms with E-state index in [4.69, 9.17) is 16.3 Å². The summed E-state index contributed by atoms with van der Waals surface area (Å²) in [6.07, 6.45) is 4.65. The molecule has 0 bridgehead atoms. The van der Waals surface area contributed by atoms with E-state index in [-0.39, 0.29) is 11.5 Å². The summed E-state index contributed by atoms with van der Waals surface area (Å²) in [5.74, 6) is 0.264. The Morgan fingerprint density at radius 3 is 2.80 bits per heavy atom. The van der Waals surface area contributed by atoms with Gasteiger partial charge in [0.2, 0.25) is 5.91 Å². The summed E-state index contributed by atoms with van der Waals surface area (Å²) in [5.41, 5.74) is 5.03. The number of H-pyrrole nitrogens is 1. The molecule has 1 amide bonds. The molecule has 9 heteroatoms. The molecule has 6 nitrogen and oxygen atoms in total. The Balaban J connectivity index is 1.37. The van der Waals surface area contributed by atoms with Crippen molar-refractivity contribution in [1.82, 2.24) is 9.97 Å². The van der Waals surface area contributed by atoms with Crippen molar-refractivity contribution in [3.05, 3.63) is 68.3 Å². The normalized spacial score (nSPS) is 13.9. The molecule has 2 aromatic heterocycles. The zero-order valence-corrected chi connectivity index (χ0v) is 21.7. The topological polar surface area (TPSA) is 84.1 Å². The summed E-state index contributed by atoms with van der Waals surface area (Å²) in [4.78, 5) is 34.1. The van der Waals surface area contributed by atoms with E-state index >= 15 is 0 Å². The van der Waals surface area contributed by atoms with Crippen LogP contribution in [0.5, 0.6) is 5.75 Å². The van der Waals surface area contributed by atoms with Crippen LogP contribution in [0.25, 0.3) is 21.3 Å². The Morgan fingerprint density at radius 1 is 1.20 bits per heavy atom. The summed E-state index contributed by atoms with van der Waals surface area (Å²) in [5, 5.41) is 5.81. The van der Waals surface area contributed by atoms with E-state index in [0.717, 1.165) is 24.0 Å². The number of hydrogen-bond donors (Lipinski definition) is 2. The second kappa shape index (κ2) is 10.0. The standard InChI is InChI=1S/C26H24ClN3O3S2/c1-14(23(31)28-20-12-18(27)9-10-21(20)33-2)35-26-29-24(32)22-19(13-34-25(22)30-26)17-8-7-15-5-3-4-6-16(15)11-17/h7-14H,3-6H2,1-2H3,(H,28,31)(H,29,30,32). The van der Waals surface area contributed by atoms with Gasteiger partial charge in [0, 0.05) is 16.0 Å². The molecule has 5 rings (SSSR count). The highest BCUT2D eigenvalue weighted by atomic mass is 35.5. The number of thiophene rings is 1. The van der Waals surface area contributed by atoms with Gasteiger partial charge in [-0.25, -0.2) is 4.98 Å². The highest BCUT2D eigenvalue weighted by Crippen LogP contribution is 2.35. The molecule has 1 aliphatic carbocycles. The lowest BCUT2D eigenvalue weighted by atomic mass is 9.89. The van der Waals surface area contributed by atoms with Crippen molar-refractivity contribution in [3.8, 4) is 16.9 Å². The van der Waals surface area contributed by atoms with E-state index in [0.29, 0.717) is 31.8 Å². The zero-order chi connectivity index (χ0) is 24.5. The number of nitrogens with one attached hydrogen (secondary N) is 2. The van der Waals surface area contributed by atoms with Crippen LogP contribution >= 0.6 is 34.7 Å². The maximum absolute atomic E-state index is 13.1. The number of carbonyl (C=O) groups is 1. The number of thioether (sulfide) groups is 1. The molecular weight excluding hydrogens is 502 g/mol. The molecule has 2 N–H and O–H groups in total. The van der Waals surface area contributed by atoms with Gasteiger partial charge in [0.1, 0.15) is 10.6 Å². The highest BCUT2D eigenvalue weighted by molar-refractivity contribution is 8.00. The van der Waals surface area contributed by atoms with Crippen LogP contribution in [0.4, 0.5) is 5.69 Å². The fourth-order valence-electron chi connectivity index (χ4n) is 4.33. The van der Waals surface area contributed by atoms with Gasteiger partial charge in [0.05, 0.1) is 23.4 Å². The third kappa shape index (κ3) is 4.96. The van der Waals surface area contributed by atoms with Crippen molar-refractivity contribution >= 4 is 56.5 Å². The van der Waals surface area contributed by atoms with Crippen molar-refractivity contribution in [2.75, 3.05) is 12.4 Å². The van der Waals surface area contributed by atoms with Crippen LogP contribution in [0.15, 0.2) is 51.7 Å². The molecule has 0 aliphatic heterocycles. The molecule has 0 fully saturated rings. The molecular formula is C26H24ClN3O3S2. The Bertz CT molecular complexity index is 1480. The van der Waals surface area contributed by atoms with Crippen LogP contribution in [0.1, 0.15) is 30.9 Å². The SMILES string of the molecule is COc1ccc(Cl)cc1NC(=O)C(C)Sc1nc2scc(-c3ccc4c(c3)CCCC4)c2c(=O)[nH]1. The minimum Gasteiger partial charge on any atom is -0.495 e. The van der Waals surface area contributed by atoms with Crippen LogP contribution in [0, 0.1) is 0 Å². The first-order chi connectivity index (χ1) is 16.9. The molecule has 1 aliphatic rings. The van der Waals surface area contributed by atoms with Crippen molar-refractivity contribution in [2.45, 2.75) is 43.0 Å². The molecule has 2 heterocycles. The van der Waals surface area contributed by atoms with E-state index < -0.39 is 5.25 Å². The molecule has 0 spiro atoms. The van der Waals surface area contributed by atoms with Crippen molar-refractivity contribution in [1.29, 1.82) is 0 Å². The molecule has 35 heavy (non-hydrogen) atoms. The number of amides is 1. The van der Waals surface area contributed by atoms with Gasteiger partial charge in [0.25, 0.3) is 5.56 Å². The third-order valence-electron chi connectivity index (χ3n) is 6.16. The molecule has 180 valence electrons. The van der Waals surface area contributed by atoms with Crippen LogP contribution in [-0.2, 0) is 17.6 Å². The largest absolute Gasteiger partial charge is 0.495 e. The van der Waals surface area contributed by atoms with Crippen molar-refractivity contribution in [3.63, 3.8) is 0 Å². The van der Waals surface area contributed by atoms with E-state index in [1.807, 2.05) is 5.38 Å². The first kappa shape index (κ1) is 23.9. The van der Waals surface area contributed by atoms with E-state index in [1.54, 1.807) is 25.1 Å². The fourth-order valence-corrected chi connectivity index (χ4v) is 6.31. The van der Waals surface area contributed by atoms with Gasteiger partial charge >= 0.3 is 0 Å². The Labute approximate surface area is 216 Å². The molecule has 1 atom stereocenters. The Kier molecular flexibility index (Phi) is 6.86. The first-order valence-corrected chi connectivity index (χ1v) is 13.5. The van der Waals surface area contributed by atoms with Crippen molar-refractivity contribution < 1.29 is 9.53 Å². The number of anilines is 1. The van der Waals surface area contributed by atoms with Crippen LogP contribution in [0.3, 0.4) is 0 Å². The predicted octanol–water partition coefficient (Wildman–Crippen LogP) is 6.31. The molecule has 0 radical (unpaired) electrons. The van der Waals surface area contributed by atoms with Gasteiger partial charge in [-0.05, 0) is 67.5 Å². The molecule has 4 aromatic rings. The smallest absolute Gasteiger partial charge is 0.260 e. The molecule has 0 saturated heterocycles. The number of aromatic nitrogens is 2. The maximum Gasteiger partial charge on any atom is 0.260 e. The van der Waals surface area contributed by atoms with Gasteiger partial charge in [-0.2, -0.15) is 0 Å². The van der Waals surface area contributed by atoms with Gasteiger partial charge in [0.15, 0.2) is 5.16 Å². The fraction of sp³-hybridized carbons (Fsp3) is 0.269. The van der Waals surface area contributed by atoms with Gasteiger partial charge in [-0.3, -0.25) is 9.59 Å². The number of halogens is 1. The van der Waals surface area contributed by atoms with Crippen LogP contribution in [-0.4, -0.2) is 28.2 Å². The van der Waals surface area contributed by atoms with Crippen LogP contribution in [0.2, 0.25) is 5.02 Å². The van der Waals surface area contributed by atoms with Crippen LogP contribution < -0.4 is 15.6 Å². The lowest BCUT2D eigenvalue weighted by molar-refractivity contribution is -0.115. The number of hydrogen-bond acceptors (Lipinski definition) is 6. The molecule has 2 aromatic carbocycles. The summed E-state index contributed by atoms with van der Waals surface area (Å²) in [7, 11) is 1.53. The third-order valence-corrected chi connectivity index (χ3v) is 8.25. The predicted molar refractivity (Wildman–Crippen MR) is 144 cm³/mol. The Morgan fingerprint density at radius 2 is 2.00 bits per heavy atom. The number of rotatable bonds is 6. The number of aromatic amines is 1. The van der Waals surface area contributed by atoms with Crippen molar-refractivity contribution in [2.24, 2.45) is 0 Å². The lowest BCUT2D eigenvalue weighted by Crippen LogP contribution is -2.23. The second-order valence-corrected chi connectivity index (χ2v) is 11.1. The maximum atomic E-state index is 13.1. The zero-order valence-electron chi connectivity index (χ0n) is 19.3. The quantitative estimate of drug-likeness (QED) is 0.227. The number of nitrogens with zero attached hydrogens (tertiary/aromatic N) is 1. The Hall–Kier alpha value is -2.81. The summed E-state index contributed by atoms with van der Waals surface area (Å²) < 4.78 is 5.29. The average Bonchev–Trinajstić information content (AvgIpc) is 3.28. The first-order valence-electron chi connectivity index (χ1n) is 11.4. The molecule has 1 unspecified atom stereocenters. The monoisotopic (exact) mass is 525 g/mol. The number of fused-ring (bicyclic) bond motifs is 2. The number of carbonyl (C=O) groups excluding carboxylic acids is 1. The highest BCUT2D eigenvalue weighted by Gasteiger charge is 2.20. The number of aryl methyl sites for hydroxylation is 2. The minimum absolute atomic E-state index is 0.199. The second-order valence-electron chi connectivity index (χ2n) is 8.49. The summed E-state index contributed by atoms with van der Waals surface area (Å²) >= 11 is 8.70. The van der Waals surface area contributed by atoms with Gasteiger partial charge in [-0.15, -0.1) is 11.3 Å². The molecule has 0 saturated carbocycles. The minimum atomic E-state index is -0.514. The summed E-state index contributed by atoms with van der Waals surface area (Å²) in [6.45, 7) is 1.76. The van der Waals surface area contributed by atoms with E-state index in [2.05, 4.69) is 33.5 Å². The number of benzene rings is 2. The number of methoxy groups -OCH3 is 1. The van der Waals surface area contributed by atoms with E-state index in [9.17, 15) is 9.59 Å². The van der Waals surface area contributed by atoms with E-state index in [1.165, 1.54) is 54.2 Å². The number of ether oxygens (including phenoxy) is 1. The van der Waals surface area contributed by atoms with Gasteiger partial charge < -0.3 is 15.0 Å².